The maximum Gasteiger partial charge on any atom is 0.240 e. The van der Waals surface area contributed by atoms with Crippen LogP contribution in [0.5, 0.6) is 0 Å². The van der Waals surface area contributed by atoms with E-state index in [0.29, 0.717) is 0 Å². The Bertz CT molecular complexity index is 1260. The molecule has 144 valence electrons. The Hall–Kier alpha value is -3.38. The number of sulfonamides is 2. The van der Waals surface area contributed by atoms with Crippen LogP contribution in [0, 0.1) is 0 Å². The minimum Gasteiger partial charge on any atom is -0.225 e. The quantitative estimate of drug-likeness (QED) is 0.311. The number of hydrogen-bond acceptors (Lipinski definition) is 6. The first-order valence-corrected chi connectivity index (χ1v) is 10.3. The van der Waals surface area contributed by atoms with Crippen molar-refractivity contribution >= 4 is 31.4 Å². The lowest BCUT2D eigenvalue weighted by Gasteiger charge is -2.14. The molecular formula is C14H12N8O4S2. The summed E-state index contributed by atoms with van der Waals surface area (Å²) < 4.78 is 48.0. The van der Waals surface area contributed by atoms with Crippen LogP contribution in [0.3, 0.4) is 0 Å². The Morgan fingerprint density at radius 1 is 0.786 bits per heavy atom. The summed E-state index contributed by atoms with van der Waals surface area (Å²) in [5.41, 5.74) is 17.1. The van der Waals surface area contributed by atoms with Gasteiger partial charge in [-0.1, -0.05) is 52.7 Å². The molecule has 0 unspecified atom stereocenters. The predicted octanol–water partition coefficient (Wildman–Crippen LogP) is 2.43. The van der Waals surface area contributed by atoms with Gasteiger partial charge in [0, 0.05) is 15.4 Å². The monoisotopic (exact) mass is 420 g/mol. The number of hydrogen-bond donors (Lipinski definition) is 2. The van der Waals surface area contributed by atoms with E-state index in [4.69, 9.17) is 21.3 Å². The largest absolute Gasteiger partial charge is 0.240 e. The highest BCUT2D eigenvalue weighted by atomic mass is 32.2. The van der Waals surface area contributed by atoms with E-state index in [1.165, 1.54) is 18.2 Å². The van der Waals surface area contributed by atoms with E-state index in [1.807, 2.05) is 0 Å². The summed E-state index contributed by atoms with van der Waals surface area (Å²) in [6.07, 6.45) is 0. The standard InChI is InChI=1S/C14H12N8O4S2/c15-21-19-12(9-5-2-1-3-6-9)13(20-22-16)10-7-4-8-11(27(17,23)24)14(10)28(18,25)26/h1-8H,(H2,17,23,24)(H2,18,25,26). The lowest BCUT2D eigenvalue weighted by Crippen LogP contribution is -2.22. The summed E-state index contributed by atoms with van der Waals surface area (Å²) >= 11 is 0. The number of nitrogens with two attached hydrogens (primary N) is 2. The van der Waals surface area contributed by atoms with Gasteiger partial charge in [-0.3, -0.25) is 0 Å². The molecule has 2 aromatic carbocycles. The smallest absolute Gasteiger partial charge is 0.225 e. The summed E-state index contributed by atoms with van der Waals surface area (Å²) in [6.45, 7) is 0. The van der Waals surface area contributed by atoms with Crippen LogP contribution in [0.1, 0.15) is 11.1 Å². The van der Waals surface area contributed by atoms with Crippen LogP contribution >= 0.6 is 0 Å². The zero-order valence-electron chi connectivity index (χ0n) is 13.9. The van der Waals surface area contributed by atoms with E-state index in [-0.39, 0.29) is 11.3 Å². The molecule has 12 nitrogen and oxygen atoms in total. The third-order valence-corrected chi connectivity index (χ3v) is 5.48. The molecule has 0 aromatic heterocycles. The highest BCUT2D eigenvalue weighted by Gasteiger charge is 2.27. The van der Waals surface area contributed by atoms with E-state index in [1.54, 1.807) is 18.2 Å². The molecule has 28 heavy (non-hydrogen) atoms. The lowest BCUT2D eigenvalue weighted by molar-refractivity contribution is 0.584. The molecule has 0 heterocycles. The van der Waals surface area contributed by atoms with Gasteiger partial charge in [0.25, 0.3) is 0 Å². The van der Waals surface area contributed by atoms with Crippen LogP contribution in [-0.4, -0.2) is 16.8 Å². The first-order valence-electron chi connectivity index (χ1n) is 7.20. The fourth-order valence-corrected chi connectivity index (χ4v) is 4.53. The summed E-state index contributed by atoms with van der Waals surface area (Å²) in [5.74, 6) is 0. The average molecular weight is 420 g/mol. The maximum absolute atomic E-state index is 12.1. The van der Waals surface area contributed by atoms with Crippen molar-refractivity contribution in [2.75, 3.05) is 0 Å². The van der Waals surface area contributed by atoms with Crippen molar-refractivity contribution in [2.45, 2.75) is 9.79 Å². The van der Waals surface area contributed by atoms with Gasteiger partial charge in [0.2, 0.25) is 20.0 Å². The molecule has 0 spiro atoms. The van der Waals surface area contributed by atoms with Gasteiger partial charge >= 0.3 is 0 Å². The summed E-state index contributed by atoms with van der Waals surface area (Å²) in [4.78, 5) is 3.60. The van der Waals surface area contributed by atoms with Crippen molar-refractivity contribution in [3.8, 4) is 0 Å². The molecule has 14 heteroatoms. The van der Waals surface area contributed by atoms with Crippen molar-refractivity contribution in [1.29, 1.82) is 0 Å². The molecule has 0 bridgehead atoms. The van der Waals surface area contributed by atoms with Crippen molar-refractivity contribution in [2.24, 2.45) is 20.5 Å². The molecule has 0 aliphatic carbocycles. The topological polar surface area (TPSA) is 218 Å². The van der Waals surface area contributed by atoms with Gasteiger partial charge in [-0.15, -0.1) is 0 Å². The average Bonchev–Trinajstić information content (AvgIpc) is 2.63. The second-order valence-corrected chi connectivity index (χ2v) is 8.19. The van der Waals surface area contributed by atoms with Gasteiger partial charge in [-0.25, -0.2) is 27.1 Å². The molecule has 0 saturated heterocycles. The Morgan fingerprint density at radius 3 is 1.86 bits per heavy atom. The Kier molecular flexibility index (Phi) is 6.06. The van der Waals surface area contributed by atoms with Crippen LogP contribution in [0.15, 0.2) is 68.6 Å². The van der Waals surface area contributed by atoms with Gasteiger partial charge in [-0.2, -0.15) is 0 Å². The highest BCUT2D eigenvalue weighted by Crippen LogP contribution is 2.35. The summed E-state index contributed by atoms with van der Waals surface area (Å²) in [7, 11) is -9.16. The molecule has 0 atom stereocenters. The fraction of sp³-hybridized carbons (Fsp3) is 0. The maximum atomic E-state index is 12.1. The van der Waals surface area contributed by atoms with Gasteiger partial charge in [-0.05, 0) is 22.7 Å². The Labute approximate surface area is 159 Å². The number of rotatable bonds is 6. The van der Waals surface area contributed by atoms with E-state index in [9.17, 15) is 16.8 Å². The Morgan fingerprint density at radius 2 is 1.36 bits per heavy atom. The van der Waals surface area contributed by atoms with Crippen LogP contribution in [0.2, 0.25) is 0 Å². The zero-order chi connectivity index (χ0) is 20.9. The number of nitrogens with zero attached hydrogens (tertiary/aromatic N) is 6. The molecule has 0 aliphatic heterocycles. The second-order valence-electron chi connectivity index (χ2n) is 5.16. The molecule has 0 aliphatic rings. The first-order chi connectivity index (χ1) is 13.1. The number of primary sulfonamides is 2. The normalized spacial score (nSPS) is 12.4. The molecule has 0 radical (unpaired) electrons. The van der Waals surface area contributed by atoms with Crippen LogP contribution < -0.4 is 10.3 Å². The minimum absolute atomic E-state index is 0.239. The molecule has 0 amide bonds. The first kappa shape index (κ1) is 20.9. The molecule has 0 saturated carbocycles. The lowest BCUT2D eigenvalue weighted by atomic mass is 10.1. The molecule has 0 fully saturated rings. The minimum atomic E-state index is -4.65. The fourth-order valence-electron chi connectivity index (χ4n) is 2.38. The summed E-state index contributed by atoms with van der Waals surface area (Å²) in [6, 6.07) is 11.1. The van der Waals surface area contributed by atoms with Crippen molar-refractivity contribution in [3.05, 3.63) is 80.5 Å². The predicted molar refractivity (Wildman–Crippen MR) is 101 cm³/mol. The van der Waals surface area contributed by atoms with E-state index in [0.717, 1.165) is 12.1 Å². The zero-order valence-corrected chi connectivity index (χ0v) is 15.5. The van der Waals surface area contributed by atoms with Crippen molar-refractivity contribution in [1.82, 2.24) is 0 Å². The van der Waals surface area contributed by atoms with Gasteiger partial charge in [0.15, 0.2) is 0 Å². The van der Waals surface area contributed by atoms with Gasteiger partial charge in [0.1, 0.15) is 9.79 Å². The van der Waals surface area contributed by atoms with Crippen LogP contribution in [-0.2, 0) is 20.0 Å². The van der Waals surface area contributed by atoms with Gasteiger partial charge < -0.3 is 0 Å². The molecular weight excluding hydrogens is 408 g/mol. The van der Waals surface area contributed by atoms with E-state index in [2.05, 4.69) is 20.1 Å². The third kappa shape index (κ3) is 4.47. The Balaban J connectivity index is 3.12. The number of azide groups is 2. The molecule has 4 N–H and O–H groups in total. The van der Waals surface area contributed by atoms with Gasteiger partial charge in [0.05, 0.1) is 11.4 Å². The second kappa shape index (κ2) is 8.10. The SMILES string of the molecule is [N-]=[N+]=NC(=C(N=[N+]=[N-])c1cccc(S(N)(=O)=O)c1S(N)(=O)=O)c1ccccc1. The molecule has 2 aromatic rings. The highest BCUT2D eigenvalue weighted by molar-refractivity contribution is 7.92. The van der Waals surface area contributed by atoms with Crippen LogP contribution in [0.4, 0.5) is 0 Å². The van der Waals surface area contributed by atoms with Crippen LogP contribution in [0.25, 0.3) is 32.3 Å². The van der Waals surface area contributed by atoms with Crippen molar-refractivity contribution in [3.63, 3.8) is 0 Å². The van der Waals surface area contributed by atoms with E-state index < -0.39 is 41.1 Å². The third-order valence-electron chi connectivity index (χ3n) is 3.39. The van der Waals surface area contributed by atoms with Crippen molar-refractivity contribution < 1.29 is 16.8 Å². The number of benzene rings is 2. The molecule has 2 rings (SSSR count). The van der Waals surface area contributed by atoms with E-state index >= 15 is 0 Å². The summed E-state index contributed by atoms with van der Waals surface area (Å²) in [5, 5.41) is 17.2.